The lowest BCUT2D eigenvalue weighted by atomic mass is 9.70. The molecule has 1 amide bonds. The smallest absolute Gasteiger partial charge is 0.311 e. The van der Waals surface area contributed by atoms with Crippen LogP contribution in [0.1, 0.15) is 42.6 Å². The van der Waals surface area contributed by atoms with Crippen molar-refractivity contribution in [3.05, 3.63) is 18.2 Å². The van der Waals surface area contributed by atoms with Gasteiger partial charge in [-0.15, -0.1) is 0 Å². The normalized spacial score (nSPS) is 29.2. The number of likely N-dealkylation sites (tertiary alicyclic amines) is 1. The Morgan fingerprint density at radius 2 is 2.20 bits per heavy atom. The number of nitrogens with zero attached hydrogens (tertiary/aromatic N) is 3. The maximum Gasteiger partial charge on any atom is 0.311 e. The van der Waals surface area contributed by atoms with Crippen molar-refractivity contribution in [3.63, 3.8) is 0 Å². The summed E-state index contributed by atoms with van der Waals surface area (Å²) < 4.78 is 1.73. The summed E-state index contributed by atoms with van der Waals surface area (Å²) >= 11 is 0. The van der Waals surface area contributed by atoms with E-state index in [-0.39, 0.29) is 11.9 Å². The first-order valence-electron chi connectivity index (χ1n) is 7.07. The van der Waals surface area contributed by atoms with Crippen LogP contribution in [0, 0.1) is 5.41 Å². The second-order valence-electron chi connectivity index (χ2n) is 5.90. The van der Waals surface area contributed by atoms with Gasteiger partial charge in [0.2, 0.25) is 0 Å². The zero-order chi connectivity index (χ0) is 14.3. The van der Waals surface area contributed by atoms with Crippen LogP contribution in [-0.2, 0) is 11.8 Å². The van der Waals surface area contributed by atoms with Gasteiger partial charge < -0.3 is 14.6 Å². The fourth-order valence-electron chi connectivity index (χ4n) is 3.71. The fraction of sp³-hybridized carbons (Fsp3) is 0.643. The highest BCUT2D eigenvalue weighted by atomic mass is 16.4. The van der Waals surface area contributed by atoms with E-state index in [1.807, 2.05) is 7.05 Å². The van der Waals surface area contributed by atoms with E-state index in [1.165, 1.54) is 0 Å². The molecule has 1 N–H and O–H groups in total. The first-order chi connectivity index (χ1) is 9.54. The minimum absolute atomic E-state index is 0.138. The summed E-state index contributed by atoms with van der Waals surface area (Å²) in [6, 6.07) is -0.178. The molecule has 2 aliphatic rings. The Labute approximate surface area is 117 Å². The van der Waals surface area contributed by atoms with Crippen molar-refractivity contribution >= 4 is 11.9 Å². The minimum atomic E-state index is -0.751. The summed E-state index contributed by atoms with van der Waals surface area (Å²) in [7, 11) is 1.82. The molecule has 2 heterocycles. The highest BCUT2D eigenvalue weighted by Gasteiger charge is 2.55. The summed E-state index contributed by atoms with van der Waals surface area (Å²) in [5.74, 6) is -0.890. The van der Waals surface area contributed by atoms with Gasteiger partial charge in [-0.05, 0) is 19.3 Å². The van der Waals surface area contributed by atoms with Crippen LogP contribution in [0.3, 0.4) is 0 Å². The number of amides is 1. The van der Waals surface area contributed by atoms with Crippen molar-refractivity contribution < 1.29 is 14.7 Å². The lowest BCUT2D eigenvalue weighted by Crippen LogP contribution is -2.48. The number of carboxylic acids is 1. The Bertz CT molecular complexity index is 554. The van der Waals surface area contributed by atoms with Crippen LogP contribution in [0.2, 0.25) is 0 Å². The number of aryl methyl sites for hydroxylation is 1. The number of rotatable bonds is 2. The molecule has 1 saturated heterocycles. The second kappa shape index (κ2) is 4.61. The van der Waals surface area contributed by atoms with Crippen LogP contribution in [-0.4, -0.2) is 44.0 Å². The van der Waals surface area contributed by atoms with Crippen molar-refractivity contribution in [1.29, 1.82) is 0 Å². The van der Waals surface area contributed by atoms with Crippen LogP contribution in [0.25, 0.3) is 0 Å². The van der Waals surface area contributed by atoms with E-state index >= 15 is 0 Å². The average Bonchev–Trinajstić information content (AvgIpc) is 3.02. The first-order valence-corrected chi connectivity index (χ1v) is 7.07. The standard InChI is InChI=1S/C14H19N3O3/c1-16-8-10(15-9-16)12(18)17-7-6-14(13(19)20)5-3-2-4-11(14)17/h8-9,11H,2-7H2,1H3,(H,19,20)/t11-,14+/m0/s1. The van der Waals surface area contributed by atoms with Crippen LogP contribution in [0.15, 0.2) is 12.5 Å². The minimum Gasteiger partial charge on any atom is -0.481 e. The highest BCUT2D eigenvalue weighted by molar-refractivity contribution is 5.93. The topological polar surface area (TPSA) is 75.4 Å². The molecular formula is C14H19N3O3. The maximum absolute atomic E-state index is 12.5. The molecule has 1 aromatic rings. The fourth-order valence-corrected chi connectivity index (χ4v) is 3.71. The molecule has 6 nitrogen and oxygen atoms in total. The average molecular weight is 277 g/mol. The Balaban J connectivity index is 1.88. The molecule has 1 aliphatic carbocycles. The van der Waals surface area contributed by atoms with Crippen LogP contribution >= 0.6 is 0 Å². The Hall–Kier alpha value is -1.85. The van der Waals surface area contributed by atoms with Gasteiger partial charge >= 0.3 is 5.97 Å². The third kappa shape index (κ3) is 1.82. The number of hydrogen-bond donors (Lipinski definition) is 1. The second-order valence-corrected chi connectivity index (χ2v) is 5.90. The van der Waals surface area contributed by atoms with Crippen molar-refractivity contribution in [3.8, 4) is 0 Å². The number of fused-ring (bicyclic) bond motifs is 1. The van der Waals surface area contributed by atoms with Crippen molar-refractivity contribution in [2.45, 2.75) is 38.1 Å². The van der Waals surface area contributed by atoms with Crippen LogP contribution in [0.4, 0.5) is 0 Å². The third-order valence-electron chi connectivity index (χ3n) is 4.77. The first kappa shape index (κ1) is 13.1. The molecular weight excluding hydrogens is 258 g/mol. The summed E-state index contributed by atoms with van der Waals surface area (Å²) in [5, 5.41) is 9.62. The van der Waals surface area contributed by atoms with Gasteiger partial charge in [0.1, 0.15) is 5.69 Å². The molecule has 1 aromatic heterocycles. The van der Waals surface area contributed by atoms with Crippen molar-refractivity contribution in [2.75, 3.05) is 6.54 Å². The number of carboxylic acid groups (broad SMARTS) is 1. The van der Waals surface area contributed by atoms with Crippen molar-refractivity contribution in [1.82, 2.24) is 14.5 Å². The van der Waals surface area contributed by atoms with E-state index in [4.69, 9.17) is 0 Å². The maximum atomic E-state index is 12.5. The van der Waals surface area contributed by atoms with E-state index in [0.29, 0.717) is 25.1 Å². The molecule has 0 unspecified atom stereocenters. The molecule has 1 aliphatic heterocycles. The third-order valence-corrected chi connectivity index (χ3v) is 4.77. The SMILES string of the molecule is Cn1cnc(C(=O)N2CC[C@]3(C(=O)O)CCCC[C@H]23)c1. The Kier molecular flexibility index (Phi) is 3.03. The quantitative estimate of drug-likeness (QED) is 0.883. The van der Waals surface area contributed by atoms with Crippen LogP contribution in [0.5, 0.6) is 0 Å². The summed E-state index contributed by atoms with van der Waals surface area (Å²) in [5.41, 5.74) is -0.331. The molecule has 20 heavy (non-hydrogen) atoms. The molecule has 1 saturated carbocycles. The van der Waals surface area contributed by atoms with Gasteiger partial charge in [0.15, 0.2) is 0 Å². The molecule has 0 aromatic carbocycles. The number of carbonyl (C=O) groups is 2. The Morgan fingerprint density at radius 1 is 1.40 bits per heavy atom. The van der Waals surface area contributed by atoms with E-state index in [2.05, 4.69) is 4.98 Å². The predicted octanol–water partition coefficient (Wildman–Crippen LogP) is 1.28. The van der Waals surface area contributed by atoms with Gasteiger partial charge in [0.05, 0.1) is 11.7 Å². The lowest BCUT2D eigenvalue weighted by molar-refractivity contribution is -0.152. The molecule has 0 spiro atoms. The van der Waals surface area contributed by atoms with E-state index < -0.39 is 11.4 Å². The van der Waals surface area contributed by atoms with Gasteiger partial charge in [0, 0.05) is 25.8 Å². The molecule has 2 atom stereocenters. The van der Waals surface area contributed by atoms with E-state index in [9.17, 15) is 14.7 Å². The highest BCUT2D eigenvalue weighted by Crippen LogP contribution is 2.47. The summed E-state index contributed by atoms with van der Waals surface area (Å²) in [6.07, 6.45) is 7.23. The number of aliphatic carboxylic acids is 1. The molecule has 2 fully saturated rings. The Morgan fingerprint density at radius 3 is 2.85 bits per heavy atom. The van der Waals surface area contributed by atoms with Crippen LogP contribution < -0.4 is 0 Å². The molecule has 108 valence electrons. The number of hydrogen-bond acceptors (Lipinski definition) is 3. The predicted molar refractivity (Wildman–Crippen MR) is 71.2 cm³/mol. The largest absolute Gasteiger partial charge is 0.481 e. The number of imidazole rings is 1. The van der Waals surface area contributed by atoms with Gasteiger partial charge in [0.25, 0.3) is 5.91 Å². The molecule has 0 radical (unpaired) electrons. The monoisotopic (exact) mass is 277 g/mol. The molecule has 6 heteroatoms. The number of carbonyl (C=O) groups excluding carboxylic acids is 1. The van der Waals surface area contributed by atoms with Gasteiger partial charge in [-0.25, -0.2) is 4.98 Å². The number of aromatic nitrogens is 2. The van der Waals surface area contributed by atoms with Gasteiger partial charge in [-0.2, -0.15) is 0 Å². The van der Waals surface area contributed by atoms with E-state index in [0.717, 1.165) is 19.3 Å². The molecule has 3 rings (SSSR count). The summed E-state index contributed by atoms with van der Waals surface area (Å²) in [4.78, 5) is 30.1. The molecule has 0 bridgehead atoms. The zero-order valence-corrected chi connectivity index (χ0v) is 11.6. The lowest BCUT2D eigenvalue weighted by Gasteiger charge is -2.38. The summed E-state index contributed by atoms with van der Waals surface area (Å²) in [6.45, 7) is 0.520. The van der Waals surface area contributed by atoms with E-state index in [1.54, 1.807) is 22.0 Å². The van der Waals surface area contributed by atoms with Gasteiger partial charge in [-0.3, -0.25) is 9.59 Å². The van der Waals surface area contributed by atoms with Crippen molar-refractivity contribution in [2.24, 2.45) is 12.5 Å². The zero-order valence-electron chi connectivity index (χ0n) is 11.6. The van der Waals surface area contributed by atoms with Gasteiger partial charge in [-0.1, -0.05) is 12.8 Å².